The average Bonchev–Trinajstić information content (AvgIpc) is 3.28. The van der Waals surface area contributed by atoms with E-state index in [0.29, 0.717) is 16.7 Å². The highest BCUT2D eigenvalue weighted by Gasteiger charge is 2.49. The fourth-order valence-corrected chi connectivity index (χ4v) is 5.12. The van der Waals surface area contributed by atoms with Crippen LogP contribution in [0.25, 0.3) is 0 Å². The number of carbonyl (C=O) groups is 3. The number of amides is 4. The molecule has 1 aromatic carbocycles. The molecular formula is C22H22N5O3S2+. The molecule has 1 unspecified atom stereocenters. The number of thiophene rings is 1. The Balaban J connectivity index is 1.61. The molecule has 0 saturated carbocycles. The van der Waals surface area contributed by atoms with Gasteiger partial charge in [0, 0.05) is 5.69 Å². The van der Waals surface area contributed by atoms with Gasteiger partial charge in [0.15, 0.2) is 5.92 Å². The highest BCUT2D eigenvalue weighted by molar-refractivity contribution is 8.14. The topological polar surface area (TPSA) is 94.2 Å². The molecule has 1 N–H and O–H groups in total. The SMILES string of the molecule is Cc1cc(C)cc(NC(=O)CSC2=NC(c3cccs3)=NC3=[N+](C)C(=O)N(C)C(=O)C23)c1. The van der Waals surface area contributed by atoms with Gasteiger partial charge in [-0.15, -0.1) is 11.3 Å². The van der Waals surface area contributed by atoms with Gasteiger partial charge in [0.1, 0.15) is 5.04 Å². The second-order valence-electron chi connectivity index (χ2n) is 7.61. The zero-order valence-corrected chi connectivity index (χ0v) is 19.7. The van der Waals surface area contributed by atoms with E-state index in [1.807, 2.05) is 49.6 Å². The first-order chi connectivity index (χ1) is 15.2. The van der Waals surface area contributed by atoms with Crippen LogP contribution in [0.2, 0.25) is 0 Å². The van der Waals surface area contributed by atoms with E-state index in [1.165, 1.54) is 34.7 Å². The van der Waals surface area contributed by atoms with Crippen molar-refractivity contribution in [1.82, 2.24) is 4.90 Å². The number of hydrogen-bond acceptors (Lipinski definition) is 7. The Hall–Kier alpha value is -3.11. The summed E-state index contributed by atoms with van der Waals surface area (Å²) < 4.78 is 1.37. The molecule has 1 aromatic heterocycles. The summed E-state index contributed by atoms with van der Waals surface area (Å²) >= 11 is 2.65. The quantitative estimate of drug-likeness (QED) is 0.698. The van der Waals surface area contributed by atoms with Gasteiger partial charge in [-0.1, -0.05) is 28.9 Å². The molecule has 0 bridgehead atoms. The molecule has 0 spiro atoms. The number of imide groups is 1. The van der Waals surface area contributed by atoms with Gasteiger partial charge in [-0.25, -0.2) is 9.79 Å². The molecule has 0 aliphatic carbocycles. The second kappa shape index (κ2) is 8.79. The van der Waals surface area contributed by atoms with Crippen LogP contribution < -0.4 is 5.32 Å². The molecule has 3 heterocycles. The Morgan fingerprint density at radius 1 is 1.22 bits per heavy atom. The first-order valence-corrected chi connectivity index (χ1v) is 11.8. The first kappa shape index (κ1) is 22.1. The van der Waals surface area contributed by atoms with Crippen molar-refractivity contribution in [3.8, 4) is 0 Å². The van der Waals surface area contributed by atoms with Crippen molar-refractivity contribution in [1.29, 1.82) is 0 Å². The van der Waals surface area contributed by atoms with Crippen LogP contribution in [0.1, 0.15) is 16.0 Å². The number of hydrogen-bond donors (Lipinski definition) is 1. The molecule has 164 valence electrons. The largest absolute Gasteiger partial charge is 0.445 e. The Bertz CT molecular complexity index is 1190. The van der Waals surface area contributed by atoms with Crippen LogP contribution in [0.5, 0.6) is 0 Å². The molecule has 1 atom stereocenters. The van der Waals surface area contributed by atoms with Crippen molar-refractivity contribution in [3.63, 3.8) is 0 Å². The second-order valence-corrected chi connectivity index (χ2v) is 9.55. The third-order valence-corrected chi connectivity index (χ3v) is 6.93. The number of rotatable bonds is 4. The Morgan fingerprint density at radius 2 is 1.94 bits per heavy atom. The fourth-order valence-electron chi connectivity index (χ4n) is 3.59. The Kier molecular flexibility index (Phi) is 6.07. The van der Waals surface area contributed by atoms with E-state index in [-0.39, 0.29) is 11.7 Å². The van der Waals surface area contributed by atoms with Gasteiger partial charge >= 0.3 is 11.9 Å². The van der Waals surface area contributed by atoms with Crippen LogP contribution in [0.15, 0.2) is 45.7 Å². The molecule has 0 fully saturated rings. The number of benzene rings is 1. The fraction of sp³-hybridized carbons (Fsp3) is 0.273. The van der Waals surface area contributed by atoms with Gasteiger partial charge in [-0.3, -0.25) is 9.59 Å². The lowest BCUT2D eigenvalue weighted by Gasteiger charge is -2.26. The molecule has 10 heteroatoms. The van der Waals surface area contributed by atoms with Gasteiger partial charge < -0.3 is 5.32 Å². The van der Waals surface area contributed by atoms with Crippen molar-refractivity contribution in [2.24, 2.45) is 15.9 Å². The van der Waals surface area contributed by atoms with E-state index in [0.717, 1.165) is 26.6 Å². The molecule has 2 aliphatic rings. The zero-order valence-electron chi connectivity index (χ0n) is 18.1. The van der Waals surface area contributed by atoms with Crippen molar-refractivity contribution in [2.45, 2.75) is 13.8 Å². The van der Waals surface area contributed by atoms with E-state index in [4.69, 9.17) is 0 Å². The zero-order chi connectivity index (χ0) is 23.0. The number of amidine groups is 2. The molecule has 8 nitrogen and oxygen atoms in total. The molecule has 0 saturated heterocycles. The Morgan fingerprint density at radius 3 is 2.59 bits per heavy atom. The van der Waals surface area contributed by atoms with Crippen molar-refractivity contribution in [2.75, 3.05) is 25.2 Å². The molecule has 0 radical (unpaired) electrons. The van der Waals surface area contributed by atoms with Crippen LogP contribution in [-0.4, -0.2) is 63.9 Å². The maximum Gasteiger partial charge on any atom is 0.445 e. The standard InChI is InChI=1S/C22H21N5O3S2/c1-12-8-13(2)10-14(9-12)23-16(28)11-32-20-17-19(26(3)22(30)27(4)21(17)29)24-18(25-20)15-6-5-7-31-15/h5-10,17H,11H2,1-4H3/p+1. The van der Waals surface area contributed by atoms with E-state index in [9.17, 15) is 14.4 Å². The highest BCUT2D eigenvalue weighted by atomic mass is 32.2. The summed E-state index contributed by atoms with van der Waals surface area (Å²) in [6, 6.07) is 9.15. The number of anilines is 1. The summed E-state index contributed by atoms with van der Waals surface area (Å²) in [5.41, 5.74) is 2.85. The highest BCUT2D eigenvalue weighted by Crippen LogP contribution is 2.27. The number of thioether (sulfide) groups is 1. The maximum absolute atomic E-state index is 12.9. The normalized spacial score (nSPS) is 18.4. The Labute approximate surface area is 193 Å². The van der Waals surface area contributed by atoms with Crippen molar-refractivity contribution < 1.29 is 19.0 Å². The lowest BCUT2D eigenvalue weighted by atomic mass is 10.0. The number of nitrogens with one attached hydrogen (secondary N) is 1. The summed E-state index contributed by atoms with van der Waals surface area (Å²) in [5.74, 6) is -0.592. The molecule has 32 heavy (non-hydrogen) atoms. The third-order valence-electron chi connectivity index (χ3n) is 5.03. The number of carbonyl (C=O) groups excluding carboxylic acids is 3. The van der Waals surface area contributed by atoms with Gasteiger partial charge in [0.25, 0.3) is 5.84 Å². The van der Waals surface area contributed by atoms with E-state index in [1.54, 1.807) is 7.05 Å². The number of aryl methyl sites for hydroxylation is 2. The molecule has 2 aromatic rings. The molecular weight excluding hydrogens is 446 g/mol. The van der Waals surface area contributed by atoms with Gasteiger partial charge in [-0.2, -0.15) is 9.48 Å². The molecule has 2 aliphatic heterocycles. The van der Waals surface area contributed by atoms with E-state index < -0.39 is 17.9 Å². The summed E-state index contributed by atoms with van der Waals surface area (Å²) in [5, 5.41) is 5.26. The smallest absolute Gasteiger partial charge is 0.325 e. The van der Waals surface area contributed by atoms with Crippen LogP contribution in [0, 0.1) is 19.8 Å². The van der Waals surface area contributed by atoms with E-state index in [2.05, 4.69) is 15.3 Å². The number of nitrogens with zero attached hydrogens (tertiary/aromatic N) is 4. The van der Waals surface area contributed by atoms with Crippen molar-refractivity contribution in [3.05, 3.63) is 51.7 Å². The minimum Gasteiger partial charge on any atom is -0.325 e. The lowest BCUT2D eigenvalue weighted by Crippen LogP contribution is -2.54. The minimum absolute atomic E-state index is 0.0714. The van der Waals surface area contributed by atoms with E-state index >= 15 is 0 Å². The number of fused-ring (bicyclic) bond motifs is 1. The van der Waals surface area contributed by atoms with Crippen molar-refractivity contribution >= 4 is 63.3 Å². The van der Waals surface area contributed by atoms with Gasteiger partial charge in [0.2, 0.25) is 11.7 Å². The summed E-state index contributed by atoms with van der Waals surface area (Å²) in [6.07, 6.45) is 0. The molecule has 4 amide bonds. The van der Waals surface area contributed by atoms with Crippen LogP contribution in [0.3, 0.4) is 0 Å². The van der Waals surface area contributed by atoms with Crippen LogP contribution >= 0.6 is 23.1 Å². The summed E-state index contributed by atoms with van der Waals surface area (Å²) in [7, 11) is 3.02. The van der Waals surface area contributed by atoms with Crippen LogP contribution in [-0.2, 0) is 9.59 Å². The number of aliphatic imine (C=N–C) groups is 2. The van der Waals surface area contributed by atoms with Crippen LogP contribution in [0.4, 0.5) is 10.5 Å². The predicted molar refractivity (Wildman–Crippen MR) is 128 cm³/mol. The maximum atomic E-state index is 12.9. The lowest BCUT2D eigenvalue weighted by molar-refractivity contribution is -0.407. The predicted octanol–water partition coefficient (Wildman–Crippen LogP) is 3.14. The molecule has 4 rings (SSSR count). The third kappa shape index (κ3) is 4.28. The minimum atomic E-state index is -0.814. The van der Waals surface area contributed by atoms with Gasteiger partial charge in [0.05, 0.1) is 24.7 Å². The first-order valence-electron chi connectivity index (χ1n) is 9.89. The summed E-state index contributed by atoms with van der Waals surface area (Å²) in [4.78, 5) is 49.0. The number of urea groups is 1. The van der Waals surface area contributed by atoms with Gasteiger partial charge in [-0.05, 0) is 48.6 Å². The average molecular weight is 469 g/mol. The summed E-state index contributed by atoms with van der Waals surface area (Å²) in [6.45, 7) is 3.94. The monoisotopic (exact) mass is 468 g/mol.